The van der Waals surface area contributed by atoms with E-state index in [1.807, 2.05) is 0 Å². The number of hydrogen-bond donors (Lipinski definition) is 6. The van der Waals surface area contributed by atoms with Crippen LogP contribution in [0.4, 0.5) is 0 Å². The summed E-state index contributed by atoms with van der Waals surface area (Å²) in [6, 6.07) is 0. The molecule has 4 atom stereocenters. The molecule has 102 valence electrons. The summed E-state index contributed by atoms with van der Waals surface area (Å²) in [7, 11) is 0. The van der Waals surface area contributed by atoms with Crippen molar-refractivity contribution in [2.45, 2.75) is 24.4 Å². The van der Waals surface area contributed by atoms with E-state index in [2.05, 4.69) is 4.74 Å². The number of hydrogen-bond acceptors (Lipinski definition) is 8. The van der Waals surface area contributed by atoms with Crippen LogP contribution >= 0.6 is 0 Å². The Labute approximate surface area is 97.7 Å². The average Bonchev–Trinajstić information content (AvgIpc) is 2.35. The van der Waals surface area contributed by atoms with Crippen LogP contribution in [-0.2, 0) is 9.53 Å². The van der Waals surface area contributed by atoms with Crippen LogP contribution in [0.25, 0.3) is 0 Å². The zero-order valence-electron chi connectivity index (χ0n) is 9.14. The molecule has 0 aromatic heterocycles. The first-order chi connectivity index (χ1) is 7.93. The SMILES string of the molecule is O=C(COCC(O)CO)[C@@H](O)[C@H](O)[C@H](O)CO. The van der Waals surface area contributed by atoms with Gasteiger partial charge in [0, 0.05) is 0 Å². The van der Waals surface area contributed by atoms with Crippen molar-refractivity contribution in [1.29, 1.82) is 0 Å². The molecule has 0 aromatic carbocycles. The molecule has 0 aliphatic rings. The van der Waals surface area contributed by atoms with Crippen molar-refractivity contribution in [1.82, 2.24) is 0 Å². The number of aliphatic hydroxyl groups is 6. The third-order valence-corrected chi connectivity index (χ3v) is 2.00. The molecule has 0 radical (unpaired) electrons. The molecule has 0 amide bonds. The Bertz CT molecular complexity index is 221. The fraction of sp³-hybridized carbons (Fsp3) is 0.889. The zero-order valence-corrected chi connectivity index (χ0v) is 9.14. The number of carbonyl (C=O) groups excluding carboxylic acids is 1. The van der Waals surface area contributed by atoms with Crippen LogP contribution < -0.4 is 0 Å². The van der Waals surface area contributed by atoms with Gasteiger partial charge in [0.05, 0.1) is 19.8 Å². The average molecular weight is 254 g/mol. The molecule has 0 fully saturated rings. The van der Waals surface area contributed by atoms with Crippen LogP contribution in [-0.4, -0.2) is 87.3 Å². The summed E-state index contributed by atoms with van der Waals surface area (Å²) in [6.07, 6.45) is -6.45. The maximum atomic E-state index is 11.2. The molecule has 8 nitrogen and oxygen atoms in total. The minimum atomic E-state index is -1.89. The second-order valence-corrected chi connectivity index (χ2v) is 3.50. The molecular weight excluding hydrogens is 236 g/mol. The maximum absolute atomic E-state index is 11.2. The van der Waals surface area contributed by atoms with Crippen molar-refractivity contribution < 1.29 is 40.2 Å². The van der Waals surface area contributed by atoms with Crippen LogP contribution in [0.5, 0.6) is 0 Å². The van der Waals surface area contributed by atoms with Gasteiger partial charge < -0.3 is 35.4 Å². The predicted octanol–water partition coefficient (Wildman–Crippen LogP) is -4.00. The number of carbonyl (C=O) groups is 1. The van der Waals surface area contributed by atoms with E-state index < -0.39 is 50.0 Å². The molecule has 0 saturated carbocycles. The van der Waals surface area contributed by atoms with Gasteiger partial charge in [-0.15, -0.1) is 0 Å². The predicted molar refractivity (Wildman–Crippen MR) is 54.0 cm³/mol. The topological polar surface area (TPSA) is 148 Å². The molecule has 0 aromatic rings. The van der Waals surface area contributed by atoms with E-state index in [4.69, 9.17) is 20.4 Å². The van der Waals surface area contributed by atoms with Crippen LogP contribution in [0, 0.1) is 0 Å². The van der Waals surface area contributed by atoms with E-state index in [-0.39, 0.29) is 6.61 Å². The summed E-state index contributed by atoms with van der Waals surface area (Å²) in [5, 5.41) is 53.2. The minimum Gasteiger partial charge on any atom is -0.394 e. The van der Waals surface area contributed by atoms with Crippen LogP contribution in [0.1, 0.15) is 0 Å². The molecule has 0 rings (SSSR count). The highest BCUT2D eigenvalue weighted by Gasteiger charge is 2.29. The first kappa shape index (κ1) is 16.4. The number of aliphatic hydroxyl groups excluding tert-OH is 6. The Balaban J connectivity index is 3.97. The van der Waals surface area contributed by atoms with E-state index in [0.717, 1.165) is 0 Å². The lowest BCUT2D eigenvalue weighted by atomic mass is 10.1. The fourth-order valence-electron chi connectivity index (χ4n) is 0.943. The maximum Gasteiger partial charge on any atom is 0.189 e. The second kappa shape index (κ2) is 8.48. The van der Waals surface area contributed by atoms with Crippen molar-refractivity contribution in [3.63, 3.8) is 0 Å². The Hall–Kier alpha value is -0.610. The Morgan fingerprint density at radius 2 is 1.65 bits per heavy atom. The van der Waals surface area contributed by atoms with Crippen molar-refractivity contribution in [3.05, 3.63) is 0 Å². The van der Waals surface area contributed by atoms with Gasteiger partial charge in [-0.25, -0.2) is 0 Å². The summed E-state index contributed by atoms with van der Waals surface area (Å²) in [4.78, 5) is 11.2. The molecule has 1 unspecified atom stereocenters. The van der Waals surface area contributed by atoms with Gasteiger partial charge in [-0.3, -0.25) is 4.79 Å². The van der Waals surface area contributed by atoms with E-state index >= 15 is 0 Å². The standard InChI is InChI=1S/C9H18O8/c10-1-5(12)3-17-4-7(14)9(16)8(15)6(13)2-11/h5-6,8-13,15-16H,1-4H2/t5?,6-,8-,9-/m1/s1. The summed E-state index contributed by atoms with van der Waals surface area (Å²) < 4.78 is 4.66. The molecule has 0 heterocycles. The van der Waals surface area contributed by atoms with Gasteiger partial charge >= 0.3 is 0 Å². The number of rotatable bonds is 9. The van der Waals surface area contributed by atoms with Gasteiger partial charge in [0.15, 0.2) is 5.78 Å². The molecule has 0 bridgehead atoms. The first-order valence-corrected chi connectivity index (χ1v) is 4.98. The van der Waals surface area contributed by atoms with E-state index in [1.165, 1.54) is 0 Å². The molecule has 8 heteroatoms. The summed E-state index contributed by atoms with van der Waals surface area (Å²) >= 11 is 0. The van der Waals surface area contributed by atoms with Crippen molar-refractivity contribution >= 4 is 5.78 Å². The number of Topliss-reactive ketones (excluding diaryl/α,β-unsaturated/α-hetero) is 1. The lowest BCUT2D eigenvalue weighted by molar-refractivity contribution is -0.145. The quantitative estimate of drug-likeness (QED) is 0.244. The van der Waals surface area contributed by atoms with Gasteiger partial charge in [0.25, 0.3) is 0 Å². The van der Waals surface area contributed by atoms with Gasteiger partial charge in [0.1, 0.15) is 31.0 Å². The van der Waals surface area contributed by atoms with Crippen molar-refractivity contribution in [2.75, 3.05) is 26.4 Å². The lowest BCUT2D eigenvalue weighted by Gasteiger charge is -2.20. The van der Waals surface area contributed by atoms with Crippen LogP contribution in [0.3, 0.4) is 0 Å². The summed E-state index contributed by atoms with van der Waals surface area (Å²) in [5.74, 6) is -0.907. The van der Waals surface area contributed by atoms with Gasteiger partial charge in [-0.05, 0) is 0 Å². The van der Waals surface area contributed by atoms with Gasteiger partial charge in [0.2, 0.25) is 0 Å². The normalized spacial score (nSPS) is 18.5. The Kier molecular flexibility index (Phi) is 8.17. The molecule has 0 saturated heterocycles. The van der Waals surface area contributed by atoms with Gasteiger partial charge in [-0.1, -0.05) is 0 Å². The summed E-state index contributed by atoms with van der Waals surface area (Å²) in [5.41, 5.74) is 0. The first-order valence-electron chi connectivity index (χ1n) is 4.98. The molecule has 0 aliphatic heterocycles. The third-order valence-electron chi connectivity index (χ3n) is 2.00. The van der Waals surface area contributed by atoms with E-state index in [9.17, 15) is 15.0 Å². The number of ether oxygens (including phenoxy) is 1. The zero-order chi connectivity index (χ0) is 13.4. The van der Waals surface area contributed by atoms with Crippen molar-refractivity contribution in [3.8, 4) is 0 Å². The Morgan fingerprint density at radius 1 is 1.06 bits per heavy atom. The smallest absolute Gasteiger partial charge is 0.189 e. The number of ketones is 1. The molecular formula is C9H18O8. The minimum absolute atomic E-state index is 0.298. The third kappa shape index (κ3) is 6.03. The van der Waals surface area contributed by atoms with Gasteiger partial charge in [-0.2, -0.15) is 0 Å². The highest BCUT2D eigenvalue weighted by molar-refractivity contribution is 5.84. The van der Waals surface area contributed by atoms with E-state index in [0.29, 0.717) is 0 Å². The lowest BCUT2D eigenvalue weighted by Crippen LogP contribution is -2.45. The summed E-state index contributed by atoms with van der Waals surface area (Å²) in [6.45, 7) is -2.21. The molecule has 0 spiro atoms. The van der Waals surface area contributed by atoms with Crippen LogP contribution in [0.15, 0.2) is 0 Å². The monoisotopic (exact) mass is 254 g/mol. The largest absolute Gasteiger partial charge is 0.394 e. The highest BCUT2D eigenvalue weighted by Crippen LogP contribution is 2.02. The Morgan fingerprint density at radius 3 is 2.12 bits per heavy atom. The molecule has 0 aliphatic carbocycles. The molecule has 6 N–H and O–H groups in total. The highest BCUT2D eigenvalue weighted by atomic mass is 16.5. The fourth-order valence-corrected chi connectivity index (χ4v) is 0.943. The van der Waals surface area contributed by atoms with E-state index in [1.54, 1.807) is 0 Å². The molecule has 17 heavy (non-hydrogen) atoms. The van der Waals surface area contributed by atoms with Crippen molar-refractivity contribution in [2.24, 2.45) is 0 Å². The van der Waals surface area contributed by atoms with Crippen LogP contribution in [0.2, 0.25) is 0 Å². The second-order valence-electron chi connectivity index (χ2n) is 3.50.